The maximum Gasteiger partial charge on any atom is 0.263 e. The van der Waals surface area contributed by atoms with Crippen LogP contribution in [0.3, 0.4) is 0 Å². The highest BCUT2D eigenvalue weighted by Gasteiger charge is 2.33. The molecule has 0 spiro atoms. The molecule has 1 fully saturated rings. The number of anilines is 2. The minimum atomic E-state index is -0.185. The lowest BCUT2D eigenvalue weighted by Crippen LogP contribution is -2.45. The summed E-state index contributed by atoms with van der Waals surface area (Å²) in [5, 5.41) is 9.50. The first kappa shape index (κ1) is 19.6. The van der Waals surface area contributed by atoms with Gasteiger partial charge in [-0.15, -0.1) is 0 Å². The molecule has 3 aromatic heterocycles. The average Bonchev–Trinajstić information content (AvgIpc) is 3.36. The van der Waals surface area contributed by atoms with E-state index in [1.54, 1.807) is 29.3 Å². The standard InChI is InChI=1S/C22H19Cl2N7O/c1-29-11-30(20-16(23)3-2-4-17(20)24)22(32)15-9-26-21-14(19(15)29)5-18(28-21)12-6-27-31(10-12)13-7-25-8-13/h2-6,9-10,13,25H,7-8,11H2,1H3,(H,26,28). The zero-order chi connectivity index (χ0) is 22.0. The molecule has 1 saturated heterocycles. The highest BCUT2D eigenvalue weighted by atomic mass is 35.5. The fraction of sp³-hybridized carbons (Fsp3) is 0.227. The highest BCUT2D eigenvalue weighted by Crippen LogP contribution is 2.40. The summed E-state index contributed by atoms with van der Waals surface area (Å²) in [7, 11) is 1.94. The second-order valence-corrected chi connectivity index (χ2v) is 8.94. The van der Waals surface area contributed by atoms with Gasteiger partial charge in [-0.05, 0) is 18.2 Å². The molecule has 1 aromatic carbocycles. The molecule has 32 heavy (non-hydrogen) atoms. The van der Waals surface area contributed by atoms with E-state index >= 15 is 0 Å². The summed E-state index contributed by atoms with van der Waals surface area (Å²) >= 11 is 12.8. The number of H-pyrrole nitrogens is 1. The number of fused-ring (bicyclic) bond motifs is 3. The molecule has 10 heteroatoms. The van der Waals surface area contributed by atoms with Crippen molar-refractivity contribution < 1.29 is 4.79 Å². The van der Waals surface area contributed by atoms with Gasteiger partial charge in [-0.1, -0.05) is 29.3 Å². The van der Waals surface area contributed by atoms with Crippen molar-refractivity contribution in [2.75, 3.05) is 36.6 Å². The summed E-state index contributed by atoms with van der Waals surface area (Å²) in [6.45, 7) is 2.19. The molecule has 8 nitrogen and oxygen atoms in total. The lowest BCUT2D eigenvalue weighted by molar-refractivity contribution is 0.0982. The third-order valence-corrected chi connectivity index (χ3v) is 6.70. The van der Waals surface area contributed by atoms with Crippen LogP contribution in [0.5, 0.6) is 0 Å². The molecule has 0 radical (unpaired) electrons. The molecule has 0 aliphatic carbocycles. The van der Waals surface area contributed by atoms with Gasteiger partial charge in [0.15, 0.2) is 0 Å². The van der Waals surface area contributed by atoms with E-state index in [4.69, 9.17) is 23.2 Å². The van der Waals surface area contributed by atoms with Crippen LogP contribution in [0, 0.1) is 0 Å². The van der Waals surface area contributed by atoms with Crippen LogP contribution in [-0.2, 0) is 0 Å². The number of para-hydroxylation sites is 1. The molecule has 0 saturated carbocycles. The van der Waals surface area contributed by atoms with Crippen molar-refractivity contribution in [2.45, 2.75) is 6.04 Å². The number of amides is 1. The molecule has 0 atom stereocenters. The molecular formula is C22H19Cl2N7O. The maximum atomic E-state index is 13.4. The van der Waals surface area contributed by atoms with Gasteiger partial charge in [0.25, 0.3) is 5.91 Å². The number of carbonyl (C=O) groups excluding carboxylic acids is 1. The van der Waals surface area contributed by atoms with Gasteiger partial charge in [-0.25, -0.2) is 4.98 Å². The number of aromatic nitrogens is 4. The molecule has 1 amide bonds. The number of pyridine rings is 1. The first-order valence-corrected chi connectivity index (χ1v) is 11.0. The van der Waals surface area contributed by atoms with Crippen LogP contribution in [0.25, 0.3) is 22.3 Å². The van der Waals surface area contributed by atoms with Gasteiger partial charge in [0, 0.05) is 43.5 Å². The Morgan fingerprint density at radius 1 is 1.12 bits per heavy atom. The van der Waals surface area contributed by atoms with Crippen LogP contribution >= 0.6 is 23.2 Å². The Kier molecular flexibility index (Phi) is 4.43. The molecule has 5 heterocycles. The van der Waals surface area contributed by atoms with Crippen molar-refractivity contribution in [2.24, 2.45) is 0 Å². The van der Waals surface area contributed by atoms with Gasteiger partial charge in [0.1, 0.15) is 5.65 Å². The predicted octanol–water partition coefficient (Wildman–Crippen LogP) is 3.93. The van der Waals surface area contributed by atoms with Gasteiger partial charge >= 0.3 is 0 Å². The summed E-state index contributed by atoms with van der Waals surface area (Å²) in [6, 6.07) is 7.64. The molecule has 4 aromatic rings. The van der Waals surface area contributed by atoms with Crippen LogP contribution in [0.15, 0.2) is 42.9 Å². The van der Waals surface area contributed by atoms with Gasteiger partial charge in [0.05, 0.1) is 51.6 Å². The van der Waals surface area contributed by atoms with Crippen LogP contribution in [0.4, 0.5) is 11.4 Å². The number of nitrogens with zero attached hydrogens (tertiary/aromatic N) is 5. The molecule has 6 rings (SSSR count). The largest absolute Gasteiger partial charge is 0.355 e. The molecule has 162 valence electrons. The third kappa shape index (κ3) is 2.91. The fourth-order valence-corrected chi connectivity index (χ4v) is 4.93. The smallest absolute Gasteiger partial charge is 0.263 e. The second kappa shape index (κ2) is 7.23. The van der Waals surface area contributed by atoms with Crippen molar-refractivity contribution in [3.8, 4) is 11.3 Å². The van der Waals surface area contributed by atoms with Crippen LogP contribution in [-0.4, -0.2) is 52.5 Å². The van der Waals surface area contributed by atoms with E-state index in [1.807, 2.05) is 35.1 Å². The van der Waals surface area contributed by atoms with E-state index in [0.717, 1.165) is 41.1 Å². The van der Waals surface area contributed by atoms with Crippen LogP contribution in [0.2, 0.25) is 10.0 Å². The summed E-state index contributed by atoms with van der Waals surface area (Å²) in [5.74, 6) is -0.185. The Bertz CT molecular complexity index is 1350. The third-order valence-electron chi connectivity index (χ3n) is 6.09. The van der Waals surface area contributed by atoms with E-state index in [9.17, 15) is 4.79 Å². The first-order valence-electron chi connectivity index (χ1n) is 10.2. The van der Waals surface area contributed by atoms with E-state index in [0.29, 0.717) is 34.0 Å². The lowest BCUT2D eigenvalue weighted by Gasteiger charge is -2.36. The molecular weight excluding hydrogens is 449 g/mol. The molecule has 0 unspecified atom stereocenters. The molecule has 2 aliphatic rings. The van der Waals surface area contributed by atoms with E-state index < -0.39 is 0 Å². The normalized spacial score (nSPS) is 16.5. The number of rotatable bonds is 3. The number of hydrogen-bond donors (Lipinski definition) is 2. The average molecular weight is 468 g/mol. The van der Waals surface area contributed by atoms with Crippen molar-refractivity contribution in [3.63, 3.8) is 0 Å². The van der Waals surface area contributed by atoms with Gasteiger partial charge < -0.3 is 15.2 Å². The number of aromatic amines is 1. The Balaban J connectivity index is 1.42. The molecule has 2 aliphatic heterocycles. The highest BCUT2D eigenvalue weighted by molar-refractivity contribution is 6.40. The van der Waals surface area contributed by atoms with E-state index in [2.05, 4.69) is 20.4 Å². The monoisotopic (exact) mass is 467 g/mol. The maximum absolute atomic E-state index is 13.4. The number of hydrogen-bond acceptors (Lipinski definition) is 5. The Hall–Kier alpha value is -3.07. The second-order valence-electron chi connectivity index (χ2n) is 8.13. The minimum absolute atomic E-state index is 0.185. The van der Waals surface area contributed by atoms with E-state index in [-0.39, 0.29) is 5.91 Å². The van der Waals surface area contributed by atoms with E-state index in [1.165, 1.54) is 0 Å². The number of carbonyl (C=O) groups is 1. The van der Waals surface area contributed by atoms with Gasteiger partial charge in [0.2, 0.25) is 0 Å². The first-order chi connectivity index (χ1) is 15.5. The van der Waals surface area contributed by atoms with Crippen molar-refractivity contribution in [1.29, 1.82) is 0 Å². The van der Waals surface area contributed by atoms with Crippen molar-refractivity contribution in [1.82, 2.24) is 25.1 Å². The minimum Gasteiger partial charge on any atom is -0.355 e. The Morgan fingerprint density at radius 2 is 1.91 bits per heavy atom. The Labute approximate surface area is 193 Å². The summed E-state index contributed by atoms with van der Waals surface area (Å²) in [4.78, 5) is 24.9. The fourth-order valence-electron chi connectivity index (χ4n) is 4.33. The molecule has 2 N–H and O–H groups in total. The van der Waals surface area contributed by atoms with Crippen LogP contribution < -0.4 is 15.1 Å². The summed E-state index contributed by atoms with van der Waals surface area (Å²) in [6.07, 6.45) is 5.50. The van der Waals surface area contributed by atoms with Crippen LogP contribution in [0.1, 0.15) is 16.4 Å². The SMILES string of the molecule is CN1CN(c2c(Cl)cccc2Cl)C(=O)c2cnc3[nH]c(-c4cnn(C5CNC5)c4)cc3c21. The predicted molar refractivity (Wildman–Crippen MR) is 126 cm³/mol. The summed E-state index contributed by atoms with van der Waals surface area (Å²) < 4.78 is 1.99. The zero-order valence-electron chi connectivity index (χ0n) is 17.1. The number of halogens is 2. The van der Waals surface area contributed by atoms with Crippen molar-refractivity contribution in [3.05, 3.63) is 58.5 Å². The topological polar surface area (TPSA) is 82.1 Å². The Morgan fingerprint density at radius 3 is 2.62 bits per heavy atom. The quantitative estimate of drug-likeness (QED) is 0.476. The van der Waals surface area contributed by atoms with Gasteiger partial charge in [-0.3, -0.25) is 14.4 Å². The molecule has 0 bridgehead atoms. The zero-order valence-corrected chi connectivity index (χ0v) is 18.7. The number of nitrogens with one attached hydrogen (secondary N) is 2. The van der Waals surface area contributed by atoms with Crippen molar-refractivity contribution >= 4 is 51.5 Å². The lowest BCUT2D eigenvalue weighted by atomic mass is 10.1. The van der Waals surface area contributed by atoms with Gasteiger partial charge in [-0.2, -0.15) is 5.10 Å². The number of benzene rings is 1. The summed E-state index contributed by atoms with van der Waals surface area (Å²) in [5.41, 5.74) is 4.46.